The zero-order valence-electron chi connectivity index (χ0n) is 17.6. The number of halogens is 1. The van der Waals surface area contributed by atoms with Crippen molar-refractivity contribution in [1.29, 1.82) is 0 Å². The number of benzene rings is 2. The second-order valence-electron chi connectivity index (χ2n) is 8.01. The predicted octanol–water partition coefficient (Wildman–Crippen LogP) is 2.27. The molecule has 0 spiro atoms. The van der Waals surface area contributed by atoms with E-state index in [1.807, 2.05) is 0 Å². The molecule has 1 aliphatic heterocycles. The van der Waals surface area contributed by atoms with Gasteiger partial charge in [0.15, 0.2) is 11.2 Å². The smallest absolute Gasteiger partial charge is 0.281 e. The fourth-order valence-electron chi connectivity index (χ4n) is 4.07. The van der Waals surface area contributed by atoms with Crippen molar-refractivity contribution >= 4 is 21.2 Å². The van der Waals surface area contributed by atoms with Gasteiger partial charge in [-0.25, -0.2) is 22.5 Å². The lowest BCUT2D eigenvalue weighted by atomic mass is 9.99. The minimum atomic E-state index is -3.64. The number of H-pyrrole nitrogens is 1. The lowest BCUT2D eigenvalue weighted by molar-refractivity contribution is 0.309. The molecule has 0 amide bonds. The molecule has 1 N–H and O–H groups in total. The van der Waals surface area contributed by atoms with Gasteiger partial charge in [-0.1, -0.05) is 35.5 Å². The molecular weight excluding hydrogens is 447 g/mol. The molecule has 1 aliphatic rings. The maximum absolute atomic E-state index is 13.2. The van der Waals surface area contributed by atoms with E-state index < -0.39 is 15.6 Å². The first-order valence-corrected chi connectivity index (χ1v) is 12.0. The molecule has 0 saturated carbocycles. The van der Waals surface area contributed by atoms with Gasteiger partial charge in [0.05, 0.1) is 11.4 Å². The van der Waals surface area contributed by atoms with Gasteiger partial charge in [0.25, 0.3) is 5.56 Å². The average Bonchev–Trinajstić information content (AvgIpc) is 3.24. The highest BCUT2D eigenvalue weighted by Gasteiger charge is 2.32. The molecule has 11 heteroatoms. The van der Waals surface area contributed by atoms with Gasteiger partial charge < -0.3 is 4.98 Å². The summed E-state index contributed by atoms with van der Waals surface area (Å²) in [6.45, 7) is 0.890. The summed E-state index contributed by atoms with van der Waals surface area (Å²) in [6, 6.07) is 14.3. The maximum Gasteiger partial charge on any atom is 0.281 e. The molecule has 1 atom stereocenters. The van der Waals surface area contributed by atoms with E-state index >= 15 is 0 Å². The average molecular weight is 469 g/mol. The monoisotopic (exact) mass is 468 g/mol. The molecule has 0 bridgehead atoms. The Bertz CT molecular complexity index is 1450. The quantitative estimate of drug-likeness (QED) is 0.481. The number of hydrogen-bond donors (Lipinski definition) is 1. The SMILES string of the molecule is O=c1[nH]c([C@@H]2CCCN(S(=O)(=O)c3ccccc3)C2)nc2c1nnn2Cc1ccc(F)cc1. The van der Waals surface area contributed by atoms with E-state index in [0.717, 1.165) is 5.56 Å². The topological polar surface area (TPSA) is 114 Å². The Labute approximate surface area is 188 Å². The van der Waals surface area contributed by atoms with Crippen molar-refractivity contribution in [2.24, 2.45) is 0 Å². The van der Waals surface area contributed by atoms with Crippen LogP contribution in [0, 0.1) is 5.82 Å². The summed E-state index contributed by atoms with van der Waals surface area (Å²) in [5, 5.41) is 7.98. The van der Waals surface area contributed by atoms with Crippen molar-refractivity contribution in [3.63, 3.8) is 0 Å². The van der Waals surface area contributed by atoms with Crippen LogP contribution in [-0.2, 0) is 16.6 Å². The van der Waals surface area contributed by atoms with Crippen LogP contribution < -0.4 is 5.56 Å². The molecule has 4 aromatic rings. The molecule has 1 saturated heterocycles. The molecule has 2 aromatic carbocycles. The first-order valence-electron chi connectivity index (χ1n) is 10.5. The van der Waals surface area contributed by atoms with Crippen LogP contribution in [0.2, 0.25) is 0 Å². The number of fused-ring (bicyclic) bond motifs is 1. The van der Waals surface area contributed by atoms with Gasteiger partial charge in [0.2, 0.25) is 10.0 Å². The van der Waals surface area contributed by atoms with Gasteiger partial charge in [-0.05, 0) is 42.7 Å². The van der Waals surface area contributed by atoms with Crippen LogP contribution in [0.5, 0.6) is 0 Å². The van der Waals surface area contributed by atoms with Crippen molar-refractivity contribution in [2.45, 2.75) is 30.2 Å². The van der Waals surface area contributed by atoms with Crippen LogP contribution in [0.3, 0.4) is 0 Å². The summed E-state index contributed by atoms with van der Waals surface area (Å²) < 4.78 is 42.3. The maximum atomic E-state index is 13.2. The molecule has 0 aliphatic carbocycles. The number of nitrogens with zero attached hydrogens (tertiary/aromatic N) is 5. The molecule has 0 radical (unpaired) electrons. The molecule has 5 rings (SSSR count). The third kappa shape index (κ3) is 4.16. The molecule has 0 unspecified atom stereocenters. The van der Waals surface area contributed by atoms with Crippen molar-refractivity contribution in [3.8, 4) is 0 Å². The Kier molecular flexibility index (Phi) is 5.51. The number of aromatic nitrogens is 5. The fourth-order valence-corrected chi connectivity index (χ4v) is 5.62. The summed E-state index contributed by atoms with van der Waals surface area (Å²) in [6.07, 6.45) is 1.33. The molecule has 1 fully saturated rings. The summed E-state index contributed by atoms with van der Waals surface area (Å²) in [5.41, 5.74) is 0.763. The Morgan fingerprint density at radius 3 is 2.61 bits per heavy atom. The summed E-state index contributed by atoms with van der Waals surface area (Å²) in [4.78, 5) is 20.3. The number of piperidine rings is 1. The minimum absolute atomic E-state index is 0.102. The summed E-state index contributed by atoms with van der Waals surface area (Å²) in [7, 11) is -3.64. The van der Waals surface area contributed by atoms with Crippen molar-refractivity contribution in [2.75, 3.05) is 13.1 Å². The largest absolute Gasteiger partial charge is 0.308 e. The normalized spacial score (nSPS) is 17.4. The number of aromatic amines is 1. The third-order valence-corrected chi connectivity index (χ3v) is 7.67. The Hall–Kier alpha value is -3.44. The van der Waals surface area contributed by atoms with Crippen LogP contribution in [0.1, 0.15) is 30.1 Å². The van der Waals surface area contributed by atoms with E-state index in [1.165, 1.54) is 21.1 Å². The van der Waals surface area contributed by atoms with Crippen molar-refractivity contribution in [3.05, 3.63) is 82.2 Å². The fraction of sp³-hybridized carbons (Fsp3) is 0.273. The lowest BCUT2D eigenvalue weighted by Crippen LogP contribution is -2.39. The molecule has 33 heavy (non-hydrogen) atoms. The van der Waals surface area contributed by atoms with E-state index in [0.29, 0.717) is 30.9 Å². The molecule has 9 nitrogen and oxygen atoms in total. The van der Waals surface area contributed by atoms with Gasteiger partial charge in [-0.15, -0.1) is 5.10 Å². The standard InChI is InChI=1S/C22H21FN6O3S/c23-17-10-8-15(9-11-17)13-29-21-19(26-27-29)22(30)25-20(24-21)16-5-4-12-28(14-16)33(31,32)18-6-2-1-3-7-18/h1-3,6-11,16H,4-5,12-14H2,(H,24,25,30)/t16-/m1/s1. The van der Waals surface area contributed by atoms with Gasteiger partial charge in [-0.3, -0.25) is 4.79 Å². The molecule has 170 valence electrons. The Balaban J connectivity index is 1.45. The van der Waals surface area contributed by atoms with Crippen LogP contribution >= 0.6 is 0 Å². The van der Waals surface area contributed by atoms with Gasteiger partial charge in [0, 0.05) is 19.0 Å². The second kappa shape index (κ2) is 8.49. The van der Waals surface area contributed by atoms with Gasteiger partial charge in [-0.2, -0.15) is 4.31 Å². The van der Waals surface area contributed by atoms with E-state index in [4.69, 9.17) is 0 Å². The molecule has 2 aromatic heterocycles. The first-order chi connectivity index (χ1) is 15.9. The molecule has 3 heterocycles. The number of sulfonamides is 1. The number of rotatable bonds is 5. The number of nitrogens with one attached hydrogen (secondary N) is 1. The van der Waals surface area contributed by atoms with E-state index in [-0.39, 0.29) is 35.2 Å². The second-order valence-corrected chi connectivity index (χ2v) is 9.95. The van der Waals surface area contributed by atoms with E-state index in [9.17, 15) is 17.6 Å². The third-order valence-electron chi connectivity index (χ3n) is 5.79. The highest BCUT2D eigenvalue weighted by atomic mass is 32.2. The minimum Gasteiger partial charge on any atom is -0.308 e. The zero-order chi connectivity index (χ0) is 23.0. The summed E-state index contributed by atoms with van der Waals surface area (Å²) in [5.74, 6) is -0.210. The van der Waals surface area contributed by atoms with Crippen LogP contribution in [0.4, 0.5) is 4.39 Å². The highest BCUT2D eigenvalue weighted by molar-refractivity contribution is 7.89. The van der Waals surface area contributed by atoms with Gasteiger partial charge in [0.1, 0.15) is 11.6 Å². The van der Waals surface area contributed by atoms with Crippen LogP contribution in [0.15, 0.2) is 64.3 Å². The van der Waals surface area contributed by atoms with Gasteiger partial charge >= 0.3 is 0 Å². The zero-order valence-corrected chi connectivity index (χ0v) is 18.4. The highest BCUT2D eigenvalue weighted by Crippen LogP contribution is 2.28. The van der Waals surface area contributed by atoms with Crippen molar-refractivity contribution < 1.29 is 12.8 Å². The summed E-state index contributed by atoms with van der Waals surface area (Å²) >= 11 is 0. The Morgan fingerprint density at radius 2 is 1.85 bits per heavy atom. The van der Waals surface area contributed by atoms with E-state index in [2.05, 4.69) is 20.3 Å². The Morgan fingerprint density at radius 1 is 1.09 bits per heavy atom. The van der Waals surface area contributed by atoms with Crippen LogP contribution in [0.25, 0.3) is 11.2 Å². The van der Waals surface area contributed by atoms with E-state index in [1.54, 1.807) is 42.5 Å². The predicted molar refractivity (Wildman–Crippen MR) is 119 cm³/mol. The van der Waals surface area contributed by atoms with Crippen LogP contribution in [-0.4, -0.2) is 50.8 Å². The number of hydrogen-bond acceptors (Lipinski definition) is 6. The first kappa shape index (κ1) is 21.4. The van der Waals surface area contributed by atoms with Crippen molar-refractivity contribution in [1.82, 2.24) is 29.3 Å². The lowest BCUT2D eigenvalue weighted by Gasteiger charge is -2.31. The molecular formula is C22H21FN6O3S.